The second-order valence-electron chi connectivity index (χ2n) is 4.42. The van der Waals surface area contributed by atoms with Crippen LogP contribution in [0, 0.1) is 5.92 Å². The van der Waals surface area contributed by atoms with Crippen molar-refractivity contribution in [2.75, 3.05) is 13.7 Å². The Bertz CT molecular complexity index is 134. The molecule has 1 saturated carbocycles. The minimum Gasteiger partial charge on any atom is -0.382 e. The van der Waals surface area contributed by atoms with Gasteiger partial charge < -0.3 is 10.1 Å². The van der Waals surface area contributed by atoms with Gasteiger partial charge in [0, 0.05) is 13.2 Å². The third kappa shape index (κ3) is 4.10. The molecule has 0 saturated heterocycles. The smallest absolute Gasteiger partial charge is 0.0546 e. The summed E-state index contributed by atoms with van der Waals surface area (Å²) in [5, 5.41) is 3.59. The summed E-state index contributed by atoms with van der Waals surface area (Å²) in [4.78, 5) is 0. The lowest BCUT2D eigenvalue weighted by atomic mass is 9.92. The first-order chi connectivity index (χ1) is 6.22. The average molecular weight is 185 g/mol. The van der Waals surface area contributed by atoms with Gasteiger partial charge in [-0.25, -0.2) is 0 Å². The maximum atomic E-state index is 5.24. The molecule has 78 valence electrons. The Hall–Kier alpha value is -0.0800. The molecule has 0 aliphatic heterocycles. The lowest BCUT2D eigenvalue weighted by molar-refractivity contribution is 0.0961. The van der Waals surface area contributed by atoms with Crippen LogP contribution in [-0.2, 0) is 4.74 Å². The van der Waals surface area contributed by atoms with Crippen LogP contribution in [0.4, 0.5) is 0 Å². The van der Waals surface area contributed by atoms with Crippen molar-refractivity contribution < 1.29 is 4.74 Å². The largest absolute Gasteiger partial charge is 0.382 e. The Kier molecular flexibility index (Phi) is 4.74. The molecular weight excluding hydrogens is 162 g/mol. The molecule has 1 aliphatic rings. The van der Waals surface area contributed by atoms with Crippen molar-refractivity contribution in [3.05, 3.63) is 0 Å². The van der Waals surface area contributed by atoms with Crippen molar-refractivity contribution in [2.24, 2.45) is 5.92 Å². The van der Waals surface area contributed by atoms with Crippen molar-refractivity contribution in [1.29, 1.82) is 0 Å². The Morgan fingerprint density at radius 2 is 2.08 bits per heavy atom. The summed E-state index contributed by atoms with van der Waals surface area (Å²) in [6.45, 7) is 5.58. The van der Waals surface area contributed by atoms with E-state index in [1.165, 1.54) is 19.3 Å². The summed E-state index contributed by atoms with van der Waals surface area (Å²) in [6, 6.07) is 0.820. The van der Waals surface area contributed by atoms with Crippen LogP contribution in [0.5, 0.6) is 0 Å². The first kappa shape index (κ1) is 11.0. The predicted octanol–water partition coefficient (Wildman–Crippen LogP) is 2.19. The Balaban J connectivity index is 1.99. The summed E-state index contributed by atoms with van der Waals surface area (Å²) < 4.78 is 5.24. The van der Waals surface area contributed by atoms with Crippen molar-refractivity contribution in [2.45, 2.75) is 51.7 Å². The van der Waals surface area contributed by atoms with E-state index in [4.69, 9.17) is 4.74 Å². The molecule has 13 heavy (non-hydrogen) atoms. The van der Waals surface area contributed by atoms with Crippen molar-refractivity contribution >= 4 is 0 Å². The topological polar surface area (TPSA) is 21.3 Å². The fraction of sp³-hybridized carbons (Fsp3) is 1.00. The summed E-state index contributed by atoms with van der Waals surface area (Å²) >= 11 is 0. The van der Waals surface area contributed by atoms with Crippen LogP contribution in [-0.4, -0.2) is 25.8 Å². The van der Waals surface area contributed by atoms with E-state index in [-0.39, 0.29) is 0 Å². The van der Waals surface area contributed by atoms with Gasteiger partial charge in [0.2, 0.25) is 0 Å². The minimum absolute atomic E-state index is 0.401. The van der Waals surface area contributed by atoms with E-state index in [2.05, 4.69) is 19.2 Å². The molecule has 2 atom stereocenters. The quantitative estimate of drug-likeness (QED) is 0.685. The van der Waals surface area contributed by atoms with Crippen molar-refractivity contribution in [1.82, 2.24) is 5.32 Å². The standard InChI is InChI=1S/C11H23NO/c1-9(7-10(2)13-3)8-12-11-5-4-6-11/h9-12H,4-8H2,1-3H3. The maximum Gasteiger partial charge on any atom is 0.0546 e. The van der Waals surface area contributed by atoms with Crippen molar-refractivity contribution in [3.8, 4) is 0 Å². The zero-order valence-corrected chi connectivity index (χ0v) is 9.18. The molecule has 0 aromatic carbocycles. The van der Waals surface area contributed by atoms with Crippen LogP contribution in [0.15, 0.2) is 0 Å². The summed E-state index contributed by atoms with van der Waals surface area (Å²) in [5.74, 6) is 0.732. The lowest BCUT2D eigenvalue weighted by Gasteiger charge is -2.28. The first-order valence-corrected chi connectivity index (χ1v) is 5.48. The monoisotopic (exact) mass is 185 g/mol. The van der Waals surface area contributed by atoms with Gasteiger partial charge in [0.25, 0.3) is 0 Å². The van der Waals surface area contributed by atoms with Gasteiger partial charge in [-0.15, -0.1) is 0 Å². The van der Waals surface area contributed by atoms with Gasteiger partial charge in [-0.05, 0) is 38.6 Å². The van der Waals surface area contributed by atoms with Crippen LogP contribution in [0.1, 0.15) is 39.5 Å². The van der Waals surface area contributed by atoms with Crippen molar-refractivity contribution in [3.63, 3.8) is 0 Å². The van der Waals surface area contributed by atoms with Gasteiger partial charge in [-0.2, -0.15) is 0 Å². The van der Waals surface area contributed by atoms with E-state index in [9.17, 15) is 0 Å². The van der Waals surface area contributed by atoms with Gasteiger partial charge in [0.1, 0.15) is 0 Å². The van der Waals surface area contributed by atoms with Gasteiger partial charge in [-0.3, -0.25) is 0 Å². The molecule has 1 rings (SSSR count). The zero-order valence-electron chi connectivity index (χ0n) is 9.18. The third-order valence-corrected chi connectivity index (χ3v) is 3.00. The van der Waals surface area contributed by atoms with Gasteiger partial charge >= 0.3 is 0 Å². The molecule has 0 spiro atoms. The molecule has 2 unspecified atom stereocenters. The normalized spacial score (nSPS) is 22.4. The highest BCUT2D eigenvalue weighted by Crippen LogP contribution is 2.18. The molecule has 2 heteroatoms. The van der Waals surface area contributed by atoms with E-state index in [1.807, 2.05) is 0 Å². The molecule has 1 N–H and O–H groups in total. The number of hydrogen-bond acceptors (Lipinski definition) is 2. The first-order valence-electron chi connectivity index (χ1n) is 5.48. The Morgan fingerprint density at radius 1 is 1.38 bits per heavy atom. The fourth-order valence-electron chi connectivity index (χ4n) is 1.73. The number of hydrogen-bond donors (Lipinski definition) is 1. The van der Waals surface area contributed by atoms with E-state index >= 15 is 0 Å². The molecule has 0 aromatic heterocycles. The minimum atomic E-state index is 0.401. The van der Waals surface area contributed by atoms with E-state index in [1.54, 1.807) is 7.11 Å². The molecule has 1 fully saturated rings. The van der Waals surface area contributed by atoms with E-state index in [0.717, 1.165) is 24.9 Å². The molecule has 0 aromatic rings. The van der Waals surface area contributed by atoms with E-state index < -0.39 is 0 Å². The number of methoxy groups -OCH3 is 1. The molecule has 0 heterocycles. The highest BCUT2D eigenvalue weighted by Gasteiger charge is 2.17. The van der Waals surface area contributed by atoms with Gasteiger partial charge in [0.15, 0.2) is 0 Å². The second-order valence-corrected chi connectivity index (χ2v) is 4.42. The molecule has 1 aliphatic carbocycles. The molecule has 0 bridgehead atoms. The van der Waals surface area contributed by atoms with Crippen LogP contribution < -0.4 is 5.32 Å². The van der Waals surface area contributed by atoms with Crippen LogP contribution >= 0.6 is 0 Å². The molecule has 0 amide bonds. The third-order valence-electron chi connectivity index (χ3n) is 3.00. The van der Waals surface area contributed by atoms with E-state index in [0.29, 0.717) is 6.10 Å². The van der Waals surface area contributed by atoms with Crippen LogP contribution in [0.3, 0.4) is 0 Å². The molecule has 2 nitrogen and oxygen atoms in total. The Morgan fingerprint density at radius 3 is 2.54 bits per heavy atom. The second kappa shape index (κ2) is 5.61. The summed E-state index contributed by atoms with van der Waals surface area (Å²) in [6.07, 6.45) is 5.74. The number of ether oxygens (including phenoxy) is 1. The SMILES string of the molecule is COC(C)CC(C)CNC1CCC1. The highest BCUT2D eigenvalue weighted by molar-refractivity contribution is 4.77. The van der Waals surface area contributed by atoms with Crippen LogP contribution in [0.25, 0.3) is 0 Å². The fourth-order valence-corrected chi connectivity index (χ4v) is 1.73. The maximum absolute atomic E-state index is 5.24. The highest BCUT2D eigenvalue weighted by atomic mass is 16.5. The number of rotatable bonds is 6. The molecule has 0 radical (unpaired) electrons. The lowest BCUT2D eigenvalue weighted by Crippen LogP contribution is -2.38. The number of nitrogens with one attached hydrogen (secondary N) is 1. The molecular formula is C11H23NO. The summed E-state index contributed by atoms with van der Waals surface area (Å²) in [7, 11) is 1.79. The van der Waals surface area contributed by atoms with Gasteiger partial charge in [-0.1, -0.05) is 13.3 Å². The summed E-state index contributed by atoms with van der Waals surface area (Å²) in [5.41, 5.74) is 0. The van der Waals surface area contributed by atoms with Crippen LogP contribution in [0.2, 0.25) is 0 Å². The average Bonchev–Trinajstić information content (AvgIpc) is 2.01. The Labute approximate surface area is 82.0 Å². The van der Waals surface area contributed by atoms with Gasteiger partial charge in [0.05, 0.1) is 6.10 Å². The predicted molar refractivity (Wildman–Crippen MR) is 55.9 cm³/mol. The zero-order chi connectivity index (χ0) is 9.68.